The molecule has 4 N–H and O–H groups in total. The Morgan fingerprint density at radius 3 is 1.09 bits per heavy atom. The summed E-state index contributed by atoms with van der Waals surface area (Å²) in [7, 11) is 0. The van der Waals surface area contributed by atoms with Gasteiger partial charge in [-0.05, 0) is 135 Å². The van der Waals surface area contributed by atoms with Gasteiger partial charge in [-0.15, -0.1) is 0 Å². The number of aromatic nitrogens is 8. The van der Waals surface area contributed by atoms with Gasteiger partial charge < -0.3 is 19.9 Å². The number of nitrogens with zero attached hydrogens (tertiary/aromatic N) is 4. The fourth-order valence-electron chi connectivity index (χ4n) is 8.52. The Bertz CT molecular complexity index is 2710. The quantitative estimate of drug-likeness (QED) is 0.146. The van der Waals surface area contributed by atoms with E-state index in [2.05, 4.69) is 157 Å². The summed E-state index contributed by atoms with van der Waals surface area (Å²) in [5.74, 6) is 0. The minimum absolute atomic E-state index is 0.452. The molecule has 0 aromatic carbocycles. The monoisotopic (exact) mass is 706 g/mol. The van der Waals surface area contributed by atoms with Gasteiger partial charge in [0.05, 0.1) is 22.8 Å². The van der Waals surface area contributed by atoms with Crippen molar-refractivity contribution in [2.45, 2.75) is 64.2 Å². The second-order valence-electron chi connectivity index (χ2n) is 16.0. The summed E-state index contributed by atoms with van der Waals surface area (Å²) in [4.78, 5) is 35.5. The van der Waals surface area contributed by atoms with Crippen molar-refractivity contribution in [3.8, 4) is 0 Å². The second kappa shape index (κ2) is 12.1. The summed E-state index contributed by atoms with van der Waals surface area (Å²) in [6, 6.07) is 29.8. The molecule has 10 rings (SSSR count). The van der Waals surface area contributed by atoms with Crippen LogP contribution in [0.25, 0.3) is 68.4 Å². The van der Waals surface area contributed by atoms with Gasteiger partial charge in [-0.3, -0.25) is 9.97 Å². The Hall–Kier alpha value is -6.28. The summed E-state index contributed by atoms with van der Waals surface area (Å²) in [5, 5.41) is 0. The molecule has 6 aromatic rings. The number of hydrogen-bond acceptors (Lipinski definition) is 4. The molecule has 0 fully saturated rings. The van der Waals surface area contributed by atoms with Crippen molar-refractivity contribution in [3.05, 3.63) is 142 Å². The van der Waals surface area contributed by atoms with Gasteiger partial charge in [0.2, 0.25) is 0 Å². The van der Waals surface area contributed by atoms with Crippen LogP contribution in [0.1, 0.15) is 84.4 Å². The Balaban J connectivity index is 1.23. The molecule has 4 aliphatic heterocycles. The zero-order chi connectivity index (χ0) is 36.6. The Morgan fingerprint density at radius 2 is 0.722 bits per heavy atom. The van der Waals surface area contributed by atoms with Crippen LogP contribution in [0.15, 0.2) is 84.9 Å². The van der Waals surface area contributed by atoms with Crippen LogP contribution in [0.4, 0.5) is 0 Å². The highest BCUT2D eigenvalue weighted by atomic mass is 14.8. The SMILES string of the molecule is CC(C)(c1c2nc(cc3ccc(cc4ccc(cc5nc1CC5)[nH]4)[nH]3)C=C2)C(C)(C)c1c2nc(cc3ccc(cc4ccc(cc5nc1CC5)[nH]4)[nH]3)C=C2. The molecule has 0 amide bonds. The first kappa shape index (κ1) is 32.4. The van der Waals surface area contributed by atoms with Gasteiger partial charge in [0.1, 0.15) is 0 Å². The first-order valence-corrected chi connectivity index (χ1v) is 18.9. The number of aryl methyl sites for hydroxylation is 4. The Morgan fingerprint density at radius 1 is 0.389 bits per heavy atom. The third-order valence-corrected chi connectivity index (χ3v) is 11.8. The van der Waals surface area contributed by atoms with Gasteiger partial charge in [0.25, 0.3) is 0 Å². The van der Waals surface area contributed by atoms with Crippen LogP contribution in [0.5, 0.6) is 0 Å². The summed E-state index contributed by atoms with van der Waals surface area (Å²) in [6.07, 6.45) is 12.0. The molecule has 4 aliphatic rings. The van der Waals surface area contributed by atoms with Crippen molar-refractivity contribution in [2.75, 3.05) is 0 Å². The van der Waals surface area contributed by atoms with Crippen molar-refractivity contribution in [3.63, 3.8) is 0 Å². The predicted octanol–water partition coefficient (Wildman–Crippen LogP) is 10.1. The zero-order valence-corrected chi connectivity index (χ0v) is 31.0. The lowest BCUT2D eigenvalue weighted by molar-refractivity contribution is 0.296. The molecule has 0 spiro atoms. The molecular formula is C46H42N8. The Kier molecular flexibility index (Phi) is 7.27. The zero-order valence-electron chi connectivity index (χ0n) is 31.0. The number of rotatable bonds is 3. The topological polar surface area (TPSA) is 115 Å². The first-order valence-electron chi connectivity index (χ1n) is 18.9. The van der Waals surface area contributed by atoms with E-state index in [0.717, 1.165) is 126 Å². The summed E-state index contributed by atoms with van der Waals surface area (Å²) in [5.41, 5.74) is 17.8. The highest BCUT2D eigenvalue weighted by Crippen LogP contribution is 2.49. The Labute approximate surface area is 313 Å². The van der Waals surface area contributed by atoms with Crippen LogP contribution < -0.4 is 0 Å². The molecule has 16 bridgehead atoms. The molecule has 0 saturated heterocycles. The maximum atomic E-state index is 5.37. The molecule has 0 saturated carbocycles. The number of hydrogen-bond donors (Lipinski definition) is 4. The van der Waals surface area contributed by atoms with Gasteiger partial charge in [-0.25, -0.2) is 9.97 Å². The molecule has 10 heterocycles. The largest absolute Gasteiger partial charge is 0.355 e. The standard InChI is InChI=1S/C46H42N8/c1-45(2,43-39-17-13-35(51-39)23-31-9-5-27(47-31)21-28-6-10-32(48-28)24-36-14-18-40(43)52-36)46(3,4)44-41-19-15-37(53-41)25-33-11-7-29(49-33)22-30-8-12-34(50-30)26-38-16-20-42(44)54-38/h5-13,15,17,19,21-26,47-50H,14,16,18,20H2,1-4H3. The maximum absolute atomic E-state index is 5.37. The van der Waals surface area contributed by atoms with E-state index >= 15 is 0 Å². The lowest BCUT2D eigenvalue weighted by Crippen LogP contribution is -2.43. The van der Waals surface area contributed by atoms with E-state index < -0.39 is 10.8 Å². The average Bonchev–Trinajstić information content (AvgIpc) is 3.96. The fourth-order valence-corrected chi connectivity index (χ4v) is 8.52. The number of fused-ring (bicyclic) bond motifs is 16. The molecule has 6 aromatic heterocycles. The molecule has 8 heteroatoms. The number of aromatic amines is 4. The predicted molar refractivity (Wildman–Crippen MR) is 221 cm³/mol. The van der Waals surface area contributed by atoms with Crippen LogP contribution in [0.2, 0.25) is 0 Å². The highest BCUT2D eigenvalue weighted by molar-refractivity contribution is 5.78. The summed E-state index contributed by atoms with van der Waals surface area (Å²) >= 11 is 0. The van der Waals surface area contributed by atoms with Crippen LogP contribution >= 0.6 is 0 Å². The van der Waals surface area contributed by atoms with Gasteiger partial charge in [-0.2, -0.15) is 0 Å². The highest BCUT2D eigenvalue weighted by Gasteiger charge is 2.46. The molecule has 0 aliphatic carbocycles. The van der Waals surface area contributed by atoms with Crippen molar-refractivity contribution < 1.29 is 0 Å². The second-order valence-corrected chi connectivity index (χ2v) is 16.0. The molecule has 8 nitrogen and oxygen atoms in total. The third-order valence-electron chi connectivity index (χ3n) is 11.8. The first-order chi connectivity index (χ1) is 26.1. The van der Waals surface area contributed by atoms with E-state index in [1.807, 2.05) is 0 Å². The van der Waals surface area contributed by atoms with E-state index in [-0.39, 0.29) is 0 Å². The maximum Gasteiger partial charge on any atom is 0.0693 e. The van der Waals surface area contributed by atoms with Crippen molar-refractivity contribution in [1.82, 2.24) is 39.9 Å². The molecule has 0 radical (unpaired) electrons. The summed E-state index contributed by atoms with van der Waals surface area (Å²) in [6.45, 7) is 9.44. The third kappa shape index (κ3) is 5.69. The number of H-pyrrole nitrogens is 4. The molecule has 266 valence electrons. The molecule has 0 unspecified atom stereocenters. The van der Waals surface area contributed by atoms with Gasteiger partial charge in [0, 0.05) is 88.9 Å². The smallest absolute Gasteiger partial charge is 0.0693 e. The number of nitrogens with one attached hydrogen (secondary N) is 4. The molecular weight excluding hydrogens is 665 g/mol. The van der Waals surface area contributed by atoms with Crippen LogP contribution in [-0.2, 0) is 36.5 Å². The van der Waals surface area contributed by atoms with Crippen LogP contribution in [0.3, 0.4) is 0 Å². The van der Waals surface area contributed by atoms with Gasteiger partial charge in [-0.1, -0.05) is 27.7 Å². The van der Waals surface area contributed by atoms with Crippen molar-refractivity contribution in [1.29, 1.82) is 0 Å². The normalized spacial score (nSPS) is 14.2. The van der Waals surface area contributed by atoms with E-state index in [4.69, 9.17) is 19.9 Å². The molecule has 54 heavy (non-hydrogen) atoms. The lowest BCUT2D eigenvalue weighted by Gasteiger charge is -2.44. The van der Waals surface area contributed by atoms with Crippen molar-refractivity contribution >= 4 is 68.4 Å². The molecule has 0 atom stereocenters. The van der Waals surface area contributed by atoms with Crippen LogP contribution in [0, 0.1) is 0 Å². The fraction of sp³-hybridized carbons (Fsp3) is 0.217. The van der Waals surface area contributed by atoms with E-state index in [1.54, 1.807) is 0 Å². The van der Waals surface area contributed by atoms with E-state index in [1.165, 1.54) is 0 Å². The average molecular weight is 707 g/mol. The van der Waals surface area contributed by atoms with Crippen molar-refractivity contribution in [2.24, 2.45) is 0 Å². The summed E-state index contributed by atoms with van der Waals surface area (Å²) < 4.78 is 0. The van der Waals surface area contributed by atoms with E-state index in [9.17, 15) is 0 Å². The minimum atomic E-state index is -0.452. The van der Waals surface area contributed by atoms with Gasteiger partial charge in [0.15, 0.2) is 0 Å². The van der Waals surface area contributed by atoms with E-state index in [0.29, 0.717) is 0 Å². The van der Waals surface area contributed by atoms with Crippen LogP contribution in [-0.4, -0.2) is 39.9 Å². The van der Waals surface area contributed by atoms with Gasteiger partial charge >= 0.3 is 0 Å². The lowest BCUT2D eigenvalue weighted by atomic mass is 9.59. The minimum Gasteiger partial charge on any atom is -0.355 e.